The highest BCUT2D eigenvalue weighted by Crippen LogP contribution is 2.06. The topological polar surface area (TPSA) is 62.0 Å². The molecule has 2 N–H and O–H groups in total. The van der Waals surface area contributed by atoms with E-state index < -0.39 is 0 Å². The second-order valence-corrected chi connectivity index (χ2v) is 4.48. The highest BCUT2D eigenvalue weighted by Gasteiger charge is 2.14. The molecule has 1 aromatic rings. The van der Waals surface area contributed by atoms with Gasteiger partial charge in [-0.2, -0.15) is 0 Å². The minimum absolute atomic E-state index is 0.0613. The Bertz CT molecular complexity index is 416. The first-order chi connectivity index (χ1) is 7.54. The molecule has 88 valence electrons. The third kappa shape index (κ3) is 3.48. The zero-order chi connectivity index (χ0) is 12.1. The van der Waals surface area contributed by atoms with E-state index in [9.17, 15) is 9.59 Å². The monoisotopic (exact) mass is 286 g/mol. The molecule has 1 amide bonds. The lowest BCUT2D eigenvalue weighted by Crippen LogP contribution is -2.38. The molecule has 2 atom stereocenters. The van der Waals surface area contributed by atoms with E-state index in [4.69, 9.17) is 0 Å². The molecule has 0 aliphatic heterocycles. The van der Waals surface area contributed by atoms with Gasteiger partial charge in [0.1, 0.15) is 0 Å². The SMILES string of the molecule is CC(CBr)C(C)NC(=O)c1cc[nH]c(=O)c1. The average Bonchev–Trinajstić information content (AvgIpc) is 2.27. The molecule has 0 saturated carbocycles. The first-order valence-corrected chi connectivity index (χ1v) is 6.22. The second kappa shape index (κ2) is 5.84. The fourth-order valence-electron chi connectivity index (χ4n) is 1.15. The molecule has 0 saturated heterocycles. The summed E-state index contributed by atoms with van der Waals surface area (Å²) < 4.78 is 0. The molecule has 2 unspecified atom stereocenters. The van der Waals surface area contributed by atoms with Gasteiger partial charge in [-0.05, 0) is 18.9 Å². The van der Waals surface area contributed by atoms with Crippen molar-refractivity contribution < 1.29 is 4.79 Å². The number of rotatable bonds is 4. The maximum Gasteiger partial charge on any atom is 0.251 e. The summed E-state index contributed by atoms with van der Waals surface area (Å²) in [6, 6.07) is 2.94. The number of amides is 1. The van der Waals surface area contributed by atoms with Gasteiger partial charge in [0.25, 0.3) is 5.91 Å². The van der Waals surface area contributed by atoms with Gasteiger partial charge < -0.3 is 10.3 Å². The van der Waals surface area contributed by atoms with E-state index in [0.717, 1.165) is 5.33 Å². The molecule has 0 aromatic carbocycles. The lowest BCUT2D eigenvalue weighted by molar-refractivity contribution is 0.0931. The normalized spacial score (nSPS) is 14.2. The van der Waals surface area contributed by atoms with Gasteiger partial charge in [0.15, 0.2) is 0 Å². The zero-order valence-electron chi connectivity index (χ0n) is 9.29. The summed E-state index contributed by atoms with van der Waals surface area (Å²) in [5, 5.41) is 3.68. The van der Waals surface area contributed by atoms with Crippen molar-refractivity contribution in [1.82, 2.24) is 10.3 Å². The van der Waals surface area contributed by atoms with E-state index in [1.807, 2.05) is 13.8 Å². The van der Waals surface area contributed by atoms with Crippen LogP contribution in [0.2, 0.25) is 0 Å². The maximum atomic E-state index is 11.7. The van der Waals surface area contributed by atoms with Crippen LogP contribution in [0.5, 0.6) is 0 Å². The summed E-state index contributed by atoms with van der Waals surface area (Å²) in [6.45, 7) is 3.98. The largest absolute Gasteiger partial charge is 0.349 e. The Morgan fingerprint density at radius 3 is 2.81 bits per heavy atom. The Balaban J connectivity index is 2.69. The number of pyridine rings is 1. The van der Waals surface area contributed by atoms with Crippen molar-refractivity contribution in [3.8, 4) is 0 Å². The number of carbonyl (C=O) groups excluding carboxylic acids is 1. The van der Waals surface area contributed by atoms with Crippen molar-refractivity contribution in [2.75, 3.05) is 5.33 Å². The van der Waals surface area contributed by atoms with Crippen LogP contribution in [0, 0.1) is 5.92 Å². The van der Waals surface area contributed by atoms with Crippen LogP contribution in [-0.2, 0) is 0 Å². The predicted molar refractivity (Wildman–Crippen MR) is 66.9 cm³/mol. The Kier molecular flexibility index (Phi) is 4.73. The number of nitrogens with one attached hydrogen (secondary N) is 2. The summed E-state index contributed by atoms with van der Waals surface area (Å²) in [7, 11) is 0. The highest BCUT2D eigenvalue weighted by molar-refractivity contribution is 9.09. The molecule has 1 aromatic heterocycles. The first-order valence-electron chi connectivity index (χ1n) is 5.10. The van der Waals surface area contributed by atoms with Crippen molar-refractivity contribution in [3.05, 3.63) is 34.2 Å². The number of carbonyl (C=O) groups is 1. The van der Waals surface area contributed by atoms with Crippen LogP contribution in [0.25, 0.3) is 0 Å². The molecule has 5 heteroatoms. The van der Waals surface area contributed by atoms with Gasteiger partial charge in [0.2, 0.25) is 5.56 Å². The van der Waals surface area contributed by atoms with Crippen LogP contribution < -0.4 is 10.9 Å². The summed E-state index contributed by atoms with van der Waals surface area (Å²) in [5.74, 6) is 0.123. The third-order valence-corrected chi connectivity index (χ3v) is 3.51. The van der Waals surface area contributed by atoms with Crippen molar-refractivity contribution in [3.63, 3.8) is 0 Å². The van der Waals surface area contributed by atoms with Crippen LogP contribution in [0.1, 0.15) is 24.2 Å². The fourth-order valence-corrected chi connectivity index (χ4v) is 1.71. The number of aromatic amines is 1. The van der Waals surface area contributed by atoms with Crippen molar-refractivity contribution in [1.29, 1.82) is 0 Å². The van der Waals surface area contributed by atoms with E-state index in [0.29, 0.717) is 11.5 Å². The van der Waals surface area contributed by atoms with Gasteiger partial charge in [-0.25, -0.2) is 0 Å². The number of hydrogen-bond acceptors (Lipinski definition) is 2. The van der Waals surface area contributed by atoms with E-state index in [1.165, 1.54) is 12.3 Å². The highest BCUT2D eigenvalue weighted by atomic mass is 79.9. The lowest BCUT2D eigenvalue weighted by Gasteiger charge is -2.19. The molecular formula is C11H15BrN2O2. The Labute approximate surface area is 103 Å². The smallest absolute Gasteiger partial charge is 0.251 e. The number of aromatic nitrogens is 1. The molecule has 4 nitrogen and oxygen atoms in total. The van der Waals surface area contributed by atoms with Crippen LogP contribution in [0.15, 0.2) is 23.1 Å². The van der Waals surface area contributed by atoms with Gasteiger partial charge >= 0.3 is 0 Å². The standard InChI is InChI=1S/C11H15BrN2O2/c1-7(6-12)8(2)14-11(16)9-3-4-13-10(15)5-9/h3-5,7-8H,6H2,1-2H3,(H,13,15)(H,14,16). The molecule has 1 heterocycles. The zero-order valence-corrected chi connectivity index (χ0v) is 10.9. The second-order valence-electron chi connectivity index (χ2n) is 3.84. The van der Waals surface area contributed by atoms with E-state index in [2.05, 4.69) is 26.2 Å². The summed E-state index contributed by atoms with van der Waals surface area (Å²) in [4.78, 5) is 25.2. The number of halogens is 1. The van der Waals surface area contributed by atoms with Crippen LogP contribution in [-0.4, -0.2) is 22.3 Å². The van der Waals surface area contributed by atoms with Gasteiger partial charge in [0.05, 0.1) is 0 Å². The van der Waals surface area contributed by atoms with Crippen molar-refractivity contribution >= 4 is 21.8 Å². The third-order valence-electron chi connectivity index (χ3n) is 2.49. The van der Waals surface area contributed by atoms with E-state index in [-0.39, 0.29) is 17.5 Å². The van der Waals surface area contributed by atoms with E-state index >= 15 is 0 Å². The average molecular weight is 287 g/mol. The van der Waals surface area contributed by atoms with Crippen LogP contribution in [0.4, 0.5) is 0 Å². The minimum atomic E-state index is -0.270. The quantitative estimate of drug-likeness (QED) is 0.825. The first kappa shape index (κ1) is 13.0. The van der Waals surface area contributed by atoms with Gasteiger partial charge in [-0.15, -0.1) is 0 Å². The fraction of sp³-hybridized carbons (Fsp3) is 0.455. The van der Waals surface area contributed by atoms with E-state index in [1.54, 1.807) is 6.07 Å². The molecule has 0 radical (unpaired) electrons. The number of hydrogen-bond donors (Lipinski definition) is 2. The summed E-state index contributed by atoms with van der Waals surface area (Å²) >= 11 is 3.37. The molecule has 16 heavy (non-hydrogen) atoms. The summed E-state index contributed by atoms with van der Waals surface area (Å²) in [5.41, 5.74) is 0.117. The Morgan fingerprint density at radius 1 is 1.56 bits per heavy atom. The lowest BCUT2D eigenvalue weighted by atomic mass is 10.1. The number of H-pyrrole nitrogens is 1. The Hall–Kier alpha value is -1.10. The molecule has 1 rings (SSSR count). The van der Waals surface area contributed by atoms with Crippen molar-refractivity contribution in [2.45, 2.75) is 19.9 Å². The summed E-state index contributed by atoms with van der Waals surface area (Å²) in [6.07, 6.45) is 1.47. The number of alkyl halides is 1. The van der Waals surface area contributed by atoms with Crippen LogP contribution in [0.3, 0.4) is 0 Å². The molecule has 0 aliphatic carbocycles. The minimum Gasteiger partial charge on any atom is -0.349 e. The molecule has 0 spiro atoms. The maximum absolute atomic E-state index is 11.7. The molecular weight excluding hydrogens is 272 g/mol. The van der Waals surface area contributed by atoms with Gasteiger partial charge in [-0.3, -0.25) is 9.59 Å². The molecule has 0 fully saturated rings. The van der Waals surface area contributed by atoms with Crippen LogP contribution >= 0.6 is 15.9 Å². The van der Waals surface area contributed by atoms with Gasteiger partial charge in [0, 0.05) is 29.2 Å². The predicted octanol–water partition coefficient (Wildman–Crippen LogP) is 1.52. The molecule has 0 aliphatic rings. The van der Waals surface area contributed by atoms with Gasteiger partial charge in [-0.1, -0.05) is 22.9 Å². The van der Waals surface area contributed by atoms with Crippen molar-refractivity contribution in [2.24, 2.45) is 5.92 Å². The Morgan fingerprint density at radius 2 is 2.25 bits per heavy atom. The molecule has 0 bridgehead atoms.